The summed E-state index contributed by atoms with van der Waals surface area (Å²) < 4.78 is 11.1. The largest absolute Gasteiger partial charge is 0.462 e. The molecule has 2 saturated carbocycles. The fourth-order valence-electron chi connectivity index (χ4n) is 4.61. The maximum absolute atomic E-state index is 12.0. The predicted molar refractivity (Wildman–Crippen MR) is 77.3 cm³/mol. The van der Waals surface area contributed by atoms with Crippen molar-refractivity contribution in [2.45, 2.75) is 51.7 Å². The van der Waals surface area contributed by atoms with Gasteiger partial charge in [0.1, 0.15) is 12.2 Å². The number of rotatable bonds is 1. The molecule has 0 amide bonds. The number of esters is 2. The average Bonchev–Trinajstić information content (AvgIpc) is 2.64. The molecule has 3 aliphatic rings. The van der Waals surface area contributed by atoms with Gasteiger partial charge in [-0.15, -0.1) is 0 Å². The summed E-state index contributed by atoms with van der Waals surface area (Å²) in [6.45, 7) is 11.7. The average molecular weight is 290 g/mol. The monoisotopic (exact) mass is 290 g/mol. The Hall–Kier alpha value is -1.58. The highest BCUT2D eigenvalue weighted by atomic mass is 16.6. The van der Waals surface area contributed by atoms with E-state index in [9.17, 15) is 9.59 Å². The van der Waals surface area contributed by atoms with Crippen molar-refractivity contribution >= 4 is 11.9 Å². The normalized spacial score (nSPS) is 42.1. The minimum atomic E-state index is -0.357. The van der Waals surface area contributed by atoms with Crippen LogP contribution in [0.1, 0.15) is 39.5 Å². The van der Waals surface area contributed by atoms with Crippen LogP contribution in [0.25, 0.3) is 0 Å². The Kier molecular flexibility index (Phi) is 3.23. The van der Waals surface area contributed by atoms with Crippen LogP contribution < -0.4 is 0 Å². The zero-order chi connectivity index (χ0) is 15.4. The van der Waals surface area contributed by atoms with E-state index < -0.39 is 0 Å². The van der Waals surface area contributed by atoms with Crippen LogP contribution in [0.3, 0.4) is 0 Å². The van der Waals surface area contributed by atoms with Crippen LogP contribution >= 0.6 is 0 Å². The van der Waals surface area contributed by atoms with Crippen molar-refractivity contribution in [3.05, 3.63) is 24.3 Å². The molecule has 0 aromatic rings. The second-order valence-corrected chi connectivity index (χ2v) is 6.92. The summed E-state index contributed by atoms with van der Waals surface area (Å²) in [5.41, 5.74) is 1.57. The van der Waals surface area contributed by atoms with Gasteiger partial charge in [0.15, 0.2) is 0 Å². The van der Waals surface area contributed by atoms with Gasteiger partial charge in [0.2, 0.25) is 0 Å². The highest BCUT2D eigenvalue weighted by Crippen LogP contribution is 2.57. The minimum absolute atomic E-state index is 0.0263. The first-order valence-corrected chi connectivity index (χ1v) is 7.58. The molecule has 1 heterocycles. The molecule has 1 saturated heterocycles. The van der Waals surface area contributed by atoms with E-state index in [1.165, 1.54) is 6.92 Å². The van der Waals surface area contributed by atoms with Crippen molar-refractivity contribution in [3.63, 3.8) is 0 Å². The van der Waals surface area contributed by atoms with Crippen LogP contribution in [-0.4, -0.2) is 24.1 Å². The van der Waals surface area contributed by atoms with Crippen LogP contribution in [0.4, 0.5) is 0 Å². The predicted octanol–water partition coefficient (Wildman–Crippen LogP) is 2.78. The van der Waals surface area contributed by atoms with Gasteiger partial charge >= 0.3 is 11.9 Å². The third kappa shape index (κ3) is 2.12. The van der Waals surface area contributed by atoms with E-state index in [1.807, 2.05) is 0 Å². The maximum Gasteiger partial charge on any atom is 0.334 e. The molecule has 0 radical (unpaired) electrons. The first kappa shape index (κ1) is 14.4. The van der Waals surface area contributed by atoms with Crippen molar-refractivity contribution < 1.29 is 19.1 Å². The molecule has 2 aliphatic carbocycles. The summed E-state index contributed by atoms with van der Waals surface area (Å²) in [6, 6.07) is 0. The van der Waals surface area contributed by atoms with Gasteiger partial charge in [-0.1, -0.05) is 25.7 Å². The van der Waals surface area contributed by atoms with Gasteiger partial charge < -0.3 is 9.47 Å². The fraction of sp³-hybridized carbons (Fsp3) is 0.647. The Morgan fingerprint density at radius 1 is 1.43 bits per heavy atom. The number of fused-ring (bicyclic) bond motifs is 3. The SMILES string of the molecule is C=C1C(=O)O[C@H]2[C@H]1[C@@H](OC(C)=O)C[C@@]1(C)CCCC(=C)[C@@H]21. The zero-order valence-electron chi connectivity index (χ0n) is 12.7. The molecule has 5 atom stereocenters. The van der Waals surface area contributed by atoms with Crippen LogP contribution in [0.2, 0.25) is 0 Å². The molecule has 0 bridgehead atoms. The number of carbonyl (C=O) groups excluding carboxylic acids is 2. The molecule has 3 fully saturated rings. The third-order valence-corrected chi connectivity index (χ3v) is 5.41. The van der Waals surface area contributed by atoms with E-state index in [0.717, 1.165) is 31.3 Å². The Morgan fingerprint density at radius 2 is 2.14 bits per heavy atom. The van der Waals surface area contributed by atoms with Gasteiger partial charge in [0.25, 0.3) is 0 Å². The van der Waals surface area contributed by atoms with E-state index in [2.05, 4.69) is 20.1 Å². The molecule has 0 spiro atoms. The van der Waals surface area contributed by atoms with Crippen LogP contribution in [0, 0.1) is 17.3 Å². The van der Waals surface area contributed by atoms with Crippen molar-refractivity contribution in [2.75, 3.05) is 0 Å². The lowest BCUT2D eigenvalue weighted by molar-refractivity contribution is -0.165. The van der Waals surface area contributed by atoms with Crippen molar-refractivity contribution in [1.29, 1.82) is 0 Å². The molecule has 0 unspecified atom stereocenters. The molecule has 1 aliphatic heterocycles. The standard InChI is InChI=1S/C17H22O4/c1-9-6-5-7-17(4)8-12(20-11(3)18)13-10(2)16(19)21-15(13)14(9)17/h12-15H,1-2,5-8H2,3-4H3/t12-,13+,14-,15-,17+/m0/s1. The van der Waals surface area contributed by atoms with Crippen molar-refractivity contribution in [1.82, 2.24) is 0 Å². The lowest BCUT2D eigenvalue weighted by Gasteiger charge is -2.52. The molecule has 4 heteroatoms. The second kappa shape index (κ2) is 4.72. The Morgan fingerprint density at radius 3 is 2.81 bits per heavy atom. The Balaban J connectivity index is 2.00. The molecule has 3 rings (SSSR count). The zero-order valence-corrected chi connectivity index (χ0v) is 12.7. The summed E-state index contributed by atoms with van der Waals surface area (Å²) in [5, 5.41) is 0. The molecule has 21 heavy (non-hydrogen) atoms. The van der Waals surface area contributed by atoms with E-state index in [0.29, 0.717) is 5.57 Å². The topological polar surface area (TPSA) is 52.6 Å². The summed E-state index contributed by atoms with van der Waals surface area (Å²) in [4.78, 5) is 23.4. The second-order valence-electron chi connectivity index (χ2n) is 6.92. The summed E-state index contributed by atoms with van der Waals surface area (Å²) >= 11 is 0. The molecule has 114 valence electrons. The van der Waals surface area contributed by atoms with Crippen LogP contribution in [0.15, 0.2) is 24.3 Å². The third-order valence-electron chi connectivity index (χ3n) is 5.41. The number of hydrogen-bond donors (Lipinski definition) is 0. The van der Waals surface area contributed by atoms with E-state index in [4.69, 9.17) is 9.47 Å². The Bertz CT molecular complexity index is 535. The van der Waals surface area contributed by atoms with Gasteiger partial charge in [-0.3, -0.25) is 4.79 Å². The fourth-order valence-corrected chi connectivity index (χ4v) is 4.61. The van der Waals surface area contributed by atoms with Gasteiger partial charge in [0.05, 0.1) is 5.92 Å². The van der Waals surface area contributed by atoms with Gasteiger partial charge in [-0.05, 0) is 31.1 Å². The van der Waals surface area contributed by atoms with Crippen LogP contribution in [0.5, 0.6) is 0 Å². The summed E-state index contributed by atoms with van der Waals surface area (Å²) in [7, 11) is 0. The highest BCUT2D eigenvalue weighted by Gasteiger charge is 2.59. The lowest BCUT2D eigenvalue weighted by atomic mass is 9.54. The van der Waals surface area contributed by atoms with Gasteiger partial charge in [-0.25, -0.2) is 4.79 Å². The smallest absolute Gasteiger partial charge is 0.334 e. The maximum atomic E-state index is 12.0. The first-order chi connectivity index (χ1) is 9.83. The number of hydrogen-bond acceptors (Lipinski definition) is 4. The molecule has 0 N–H and O–H groups in total. The van der Waals surface area contributed by atoms with Crippen molar-refractivity contribution in [2.24, 2.45) is 17.3 Å². The number of carbonyl (C=O) groups is 2. The van der Waals surface area contributed by atoms with E-state index in [1.54, 1.807) is 0 Å². The highest BCUT2D eigenvalue weighted by molar-refractivity contribution is 5.91. The Labute approximate surface area is 125 Å². The van der Waals surface area contributed by atoms with Crippen molar-refractivity contribution in [3.8, 4) is 0 Å². The van der Waals surface area contributed by atoms with E-state index in [-0.39, 0.29) is 41.4 Å². The summed E-state index contributed by atoms with van der Waals surface area (Å²) in [5.74, 6) is -0.757. The van der Waals surface area contributed by atoms with Gasteiger partial charge in [-0.2, -0.15) is 0 Å². The molecule has 4 nitrogen and oxygen atoms in total. The number of ether oxygens (including phenoxy) is 2. The minimum Gasteiger partial charge on any atom is -0.462 e. The molecular weight excluding hydrogens is 268 g/mol. The lowest BCUT2D eigenvalue weighted by Crippen LogP contribution is -2.53. The first-order valence-electron chi connectivity index (χ1n) is 7.58. The quantitative estimate of drug-likeness (QED) is 0.423. The summed E-state index contributed by atoms with van der Waals surface area (Å²) in [6.07, 6.45) is 3.25. The molecule has 0 aromatic heterocycles. The van der Waals surface area contributed by atoms with Gasteiger partial charge in [0, 0.05) is 18.4 Å². The molecular formula is C17H22O4. The molecule has 0 aromatic carbocycles. The van der Waals surface area contributed by atoms with Crippen LogP contribution in [-0.2, 0) is 19.1 Å². The van der Waals surface area contributed by atoms with E-state index >= 15 is 0 Å².